The molecule has 0 bridgehead atoms. The van der Waals surface area contributed by atoms with Crippen LogP contribution < -0.4 is 20.9 Å². The molecule has 6 N–H and O–H groups in total. The van der Waals surface area contributed by atoms with Gasteiger partial charge in [0, 0.05) is 45.6 Å². The van der Waals surface area contributed by atoms with Crippen molar-refractivity contribution in [2.75, 3.05) is 26.7 Å². The molecule has 0 aliphatic carbocycles. The van der Waals surface area contributed by atoms with Crippen LogP contribution in [0.25, 0.3) is 0 Å². The van der Waals surface area contributed by atoms with Crippen LogP contribution in [0.5, 0.6) is 5.75 Å². The fourth-order valence-corrected chi connectivity index (χ4v) is 8.17. The summed E-state index contributed by atoms with van der Waals surface area (Å²) in [6, 6.07) is 11.3. The summed E-state index contributed by atoms with van der Waals surface area (Å²) >= 11 is 0. The molecule has 3 aliphatic heterocycles. The molecule has 4 heterocycles. The van der Waals surface area contributed by atoms with Crippen molar-refractivity contribution < 1.29 is 48.5 Å². The molecule has 0 spiro atoms. The van der Waals surface area contributed by atoms with Crippen LogP contribution in [-0.4, -0.2) is 140 Å². The standard InChI is InChI=1S/C43H50N10O10/c1-25-34(48-39(58)36-33(55)16-9-19-45-36)38(57)47-29(17-20-46-50-44)40(59)52-21-10-15-30(52)41(60)51(2)32(23-26-11-5-3-6-12-26)42(61)53-22-18-28(54)24-31(53)37(56)49-35(43(62)63-25)27-13-7-4-8-14-27/h3-9,11-14,16,19,25,28-32,34-35,44,54H,10,15,17-18,20-24H2,1-2H3,(H3-,47,48,49,55,56,57,58)/p+1/t25-,28-,29-,30+,31+,32+,34+,35+/m1/s1. The van der Waals surface area contributed by atoms with Gasteiger partial charge in [-0.3, -0.25) is 28.8 Å². The largest absolute Gasteiger partial charge is 0.505 e. The Labute approximate surface area is 362 Å². The SMILES string of the molecule is C[C@H]1OC(=O)[C@H](c2ccccc2)NC(=O)[C@@H]2C[C@H](O)CCN2C(=O)[C@H](Cc2ccccc2)N(C)C(=O)[C@@H]2CCCN2C(=O)[C@@H](CCN=[N+]=N)NC(=O)[C@H]1NC(=O)c1ncccc1O. The zero-order chi connectivity index (χ0) is 45.2. The van der Waals surface area contributed by atoms with Gasteiger partial charge in [-0.15, -0.1) is 0 Å². The van der Waals surface area contributed by atoms with Crippen molar-refractivity contribution in [2.24, 2.45) is 5.11 Å². The van der Waals surface area contributed by atoms with E-state index in [0.29, 0.717) is 12.0 Å². The number of likely N-dealkylation sites (N-methyl/N-ethyl adjacent to an activating group) is 1. The average molecular weight is 868 g/mol. The second-order valence-corrected chi connectivity index (χ2v) is 15.7. The maximum Gasteiger partial charge on any atom is 0.333 e. The normalized spacial score (nSPS) is 26.4. The first-order valence-corrected chi connectivity index (χ1v) is 20.7. The van der Waals surface area contributed by atoms with E-state index >= 15 is 0 Å². The number of carbonyl (C=O) groups is 7. The van der Waals surface area contributed by atoms with E-state index in [4.69, 9.17) is 10.3 Å². The summed E-state index contributed by atoms with van der Waals surface area (Å²) in [7, 11) is 1.45. The van der Waals surface area contributed by atoms with Gasteiger partial charge in [-0.05, 0) is 49.4 Å². The quantitative estimate of drug-likeness (QED) is 0.103. The Balaban J connectivity index is 1.45. The summed E-state index contributed by atoms with van der Waals surface area (Å²) < 4.78 is 5.85. The lowest BCUT2D eigenvalue weighted by atomic mass is 9.95. The minimum Gasteiger partial charge on any atom is -0.505 e. The third kappa shape index (κ3) is 10.7. The molecule has 3 fully saturated rings. The predicted molar refractivity (Wildman–Crippen MR) is 221 cm³/mol. The van der Waals surface area contributed by atoms with Crippen molar-refractivity contribution in [3.05, 3.63) is 95.8 Å². The summed E-state index contributed by atoms with van der Waals surface area (Å²) in [5, 5.41) is 32.7. The predicted octanol–water partition coefficient (Wildman–Crippen LogP) is 0.526. The number of carbonyl (C=O) groups excluding carboxylic acids is 7. The topological polar surface area (TPSA) is 278 Å². The molecule has 2 aromatic carbocycles. The number of aromatic hydroxyl groups is 1. The molecular weight excluding hydrogens is 817 g/mol. The number of hydrogen-bond acceptors (Lipinski definition) is 13. The van der Waals surface area contributed by atoms with Gasteiger partial charge in [-0.25, -0.2) is 9.78 Å². The number of nitrogens with zero attached hydrogens (tertiary/aromatic N) is 6. The van der Waals surface area contributed by atoms with E-state index in [1.54, 1.807) is 60.7 Å². The van der Waals surface area contributed by atoms with Gasteiger partial charge in [0.05, 0.1) is 6.10 Å². The van der Waals surface area contributed by atoms with Crippen LogP contribution in [-0.2, 0) is 39.9 Å². The highest BCUT2D eigenvalue weighted by molar-refractivity contribution is 6.00. The van der Waals surface area contributed by atoms with Crippen LogP contribution in [0.2, 0.25) is 0 Å². The minimum atomic E-state index is -1.76. The lowest BCUT2D eigenvalue weighted by molar-refractivity contribution is -0.157. The summed E-state index contributed by atoms with van der Waals surface area (Å²) in [6.07, 6.45) is -0.890. The molecule has 0 saturated carbocycles. The van der Waals surface area contributed by atoms with Crippen molar-refractivity contribution in [1.29, 1.82) is 5.53 Å². The zero-order valence-electron chi connectivity index (χ0n) is 34.8. The van der Waals surface area contributed by atoms with Crippen molar-refractivity contribution in [3.63, 3.8) is 0 Å². The number of aliphatic hydroxyl groups is 1. The Morgan fingerprint density at radius 3 is 2.30 bits per heavy atom. The van der Waals surface area contributed by atoms with Crippen LogP contribution >= 0.6 is 0 Å². The highest BCUT2D eigenvalue weighted by Crippen LogP contribution is 2.27. The van der Waals surface area contributed by atoms with Crippen LogP contribution in [0.4, 0.5) is 0 Å². The molecule has 0 unspecified atom stereocenters. The molecule has 332 valence electrons. The van der Waals surface area contributed by atoms with Gasteiger partial charge >= 0.3 is 5.97 Å². The fourth-order valence-electron chi connectivity index (χ4n) is 8.17. The first-order chi connectivity index (χ1) is 30.3. The molecule has 63 heavy (non-hydrogen) atoms. The summed E-state index contributed by atoms with van der Waals surface area (Å²) in [6.45, 7) is 1.14. The Bertz CT molecular complexity index is 2230. The monoisotopic (exact) mass is 867 g/mol. The summed E-state index contributed by atoms with van der Waals surface area (Å²) in [5.41, 5.74) is 7.67. The van der Waals surface area contributed by atoms with Crippen LogP contribution in [0.15, 0.2) is 84.1 Å². The van der Waals surface area contributed by atoms with Crippen molar-refractivity contribution in [1.82, 2.24) is 40.5 Å². The molecule has 3 saturated heterocycles. The number of hydrogen-bond donors (Lipinski definition) is 6. The number of ether oxygens (including phenoxy) is 1. The van der Waals surface area contributed by atoms with E-state index in [9.17, 15) is 43.8 Å². The Morgan fingerprint density at radius 2 is 1.60 bits per heavy atom. The number of cyclic esters (lactones) is 1. The number of benzene rings is 2. The molecule has 8 atom stereocenters. The summed E-state index contributed by atoms with van der Waals surface area (Å²) in [5.74, 6) is -6.30. The van der Waals surface area contributed by atoms with E-state index in [1.807, 2.05) is 0 Å². The highest BCUT2D eigenvalue weighted by atomic mass is 16.5. The number of rotatable bonds is 8. The van der Waals surface area contributed by atoms with Gasteiger partial charge in [-0.2, -0.15) is 0 Å². The molecule has 20 heteroatoms. The Morgan fingerprint density at radius 1 is 0.905 bits per heavy atom. The van der Waals surface area contributed by atoms with Crippen LogP contribution in [0.1, 0.15) is 66.7 Å². The average Bonchev–Trinajstić information content (AvgIpc) is 3.78. The van der Waals surface area contributed by atoms with Gasteiger partial charge in [-0.1, -0.05) is 60.7 Å². The number of aliphatic hydroxyl groups excluding tert-OH is 1. The van der Waals surface area contributed by atoms with Gasteiger partial charge in [0.15, 0.2) is 11.7 Å². The second kappa shape index (κ2) is 20.7. The number of nitrogens with one attached hydrogen (secondary N) is 4. The second-order valence-electron chi connectivity index (χ2n) is 15.7. The molecule has 3 aromatic rings. The van der Waals surface area contributed by atoms with Crippen molar-refractivity contribution in [3.8, 4) is 5.75 Å². The number of amides is 6. The third-order valence-electron chi connectivity index (χ3n) is 11.6. The number of fused-ring (bicyclic) bond motifs is 2. The highest BCUT2D eigenvalue weighted by Gasteiger charge is 2.46. The molecular formula is C43H51N10O10+. The van der Waals surface area contributed by atoms with Crippen LogP contribution in [0.3, 0.4) is 0 Å². The molecule has 6 amide bonds. The van der Waals surface area contributed by atoms with Crippen molar-refractivity contribution in [2.45, 2.75) is 93.9 Å². The Hall–Kier alpha value is -7.05. The smallest absolute Gasteiger partial charge is 0.333 e. The lowest BCUT2D eigenvalue weighted by Gasteiger charge is -2.41. The van der Waals surface area contributed by atoms with E-state index in [2.05, 4.69) is 31.0 Å². The molecule has 1 aromatic heterocycles. The van der Waals surface area contributed by atoms with Gasteiger partial charge in [0.25, 0.3) is 5.91 Å². The van der Waals surface area contributed by atoms with Gasteiger partial charge in [0.1, 0.15) is 59.3 Å². The molecule has 3 aliphatic rings. The number of esters is 1. The number of pyridine rings is 1. The first-order valence-electron chi connectivity index (χ1n) is 20.7. The lowest BCUT2D eigenvalue weighted by Crippen LogP contribution is -2.62. The first kappa shape index (κ1) is 45.5. The molecule has 0 radical (unpaired) electrons. The van der Waals surface area contributed by atoms with E-state index < -0.39 is 101 Å². The van der Waals surface area contributed by atoms with Crippen LogP contribution in [0, 0.1) is 5.53 Å². The van der Waals surface area contributed by atoms with Gasteiger partial charge in [0.2, 0.25) is 34.4 Å². The molecule has 6 rings (SSSR count). The van der Waals surface area contributed by atoms with Gasteiger partial charge < -0.3 is 45.6 Å². The van der Waals surface area contributed by atoms with Crippen molar-refractivity contribution >= 4 is 41.4 Å². The van der Waals surface area contributed by atoms with E-state index in [-0.39, 0.29) is 57.3 Å². The zero-order valence-corrected chi connectivity index (χ0v) is 34.8. The number of aromatic nitrogens is 1. The maximum absolute atomic E-state index is 14.9. The minimum absolute atomic E-state index is 0.0347. The third-order valence-corrected chi connectivity index (χ3v) is 11.6. The molecule has 20 nitrogen and oxygen atoms in total. The van der Waals surface area contributed by atoms with E-state index in [0.717, 1.165) is 0 Å². The fraction of sp³-hybridized carbons (Fsp3) is 0.442. The summed E-state index contributed by atoms with van der Waals surface area (Å²) in [4.78, 5) is 112. The van der Waals surface area contributed by atoms with E-state index in [1.165, 1.54) is 47.0 Å². The maximum atomic E-state index is 14.9. The Kier molecular flexibility index (Phi) is 14.9. The number of piperidine rings is 1.